The average Bonchev–Trinajstić information content (AvgIpc) is 3.36. The molecule has 0 fully saturated rings. The van der Waals surface area contributed by atoms with E-state index in [2.05, 4.69) is 35.9 Å². The highest BCUT2D eigenvalue weighted by atomic mass is 16.7. The number of carbonyl (C=O) groups excluding carboxylic acids is 1. The number of ether oxygens (including phenoxy) is 2. The summed E-state index contributed by atoms with van der Waals surface area (Å²) in [5.74, 6) is 1.33. The Bertz CT molecular complexity index is 949. The van der Waals surface area contributed by atoms with Crippen LogP contribution in [-0.2, 0) is 13.1 Å². The molecule has 1 amide bonds. The number of aromatic nitrogens is 1. The molecule has 0 unspecified atom stereocenters. The van der Waals surface area contributed by atoms with Gasteiger partial charge in [0.15, 0.2) is 11.5 Å². The van der Waals surface area contributed by atoms with E-state index in [9.17, 15) is 4.79 Å². The highest BCUT2D eigenvalue weighted by Gasteiger charge is 2.21. The molecule has 0 bridgehead atoms. The molecule has 0 N–H and O–H groups in total. The summed E-state index contributed by atoms with van der Waals surface area (Å²) < 4.78 is 13.0. The zero-order chi connectivity index (χ0) is 19.3. The molecular weight excluding hydrogens is 352 g/mol. The van der Waals surface area contributed by atoms with Crippen molar-refractivity contribution in [3.05, 3.63) is 83.7 Å². The van der Waals surface area contributed by atoms with E-state index in [1.807, 2.05) is 35.2 Å². The molecule has 3 aromatic rings. The fourth-order valence-corrected chi connectivity index (χ4v) is 3.46. The van der Waals surface area contributed by atoms with Crippen molar-refractivity contribution in [3.8, 4) is 11.5 Å². The summed E-state index contributed by atoms with van der Waals surface area (Å²) in [6.45, 7) is 4.35. The van der Waals surface area contributed by atoms with E-state index in [0.717, 1.165) is 18.7 Å². The van der Waals surface area contributed by atoms with Crippen LogP contribution in [-0.4, -0.2) is 28.7 Å². The first-order valence-electron chi connectivity index (χ1n) is 9.61. The maximum atomic E-state index is 13.2. The van der Waals surface area contributed by atoms with Crippen LogP contribution in [0.25, 0.3) is 0 Å². The molecule has 1 aliphatic heterocycles. The highest BCUT2D eigenvalue weighted by molar-refractivity contribution is 5.95. The van der Waals surface area contributed by atoms with E-state index in [1.165, 1.54) is 5.56 Å². The second kappa shape index (κ2) is 8.21. The van der Waals surface area contributed by atoms with E-state index < -0.39 is 0 Å². The number of rotatable bonds is 7. The monoisotopic (exact) mass is 376 g/mol. The van der Waals surface area contributed by atoms with Crippen molar-refractivity contribution in [2.24, 2.45) is 0 Å². The van der Waals surface area contributed by atoms with Gasteiger partial charge in [0.05, 0.1) is 6.54 Å². The molecule has 1 aromatic heterocycles. The SMILES string of the molecule is CCCN(Cc1cccn1Cc1ccccc1)C(=O)c1ccc2c(c1)OCO2. The van der Waals surface area contributed by atoms with Crippen LogP contribution in [0.15, 0.2) is 66.9 Å². The Labute approximate surface area is 165 Å². The normalized spacial score (nSPS) is 12.2. The van der Waals surface area contributed by atoms with E-state index in [1.54, 1.807) is 12.1 Å². The summed E-state index contributed by atoms with van der Waals surface area (Å²) in [6.07, 6.45) is 2.97. The number of fused-ring (bicyclic) bond motifs is 1. The molecular formula is C23H24N2O3. The summed E-state index contributed by atoms with van der Waals surface area (Å²) in [7, 11) is 0. The van der Waals surface area contributed by atoms with Gasteiger partial charge in [-0.1, -0.05) is 37.3 Å². The van der Waals surface area contributed by atoms with Crippen LogP contribution in [0.3, 0.4) is 0 Å². The molecule has 2 aromatic carbocycles. The Kier molecular flexibility index (Phi) is 5.33. The molecule has 4 rings (SSSR count). The molecule has 0 aliphatic carbocycles. The van der Waals surface area contributed by atoms with Gasteiger partial charge in [-0.05, 0) is 42.3 Å². The summed E-state index contributed by atoms with van der Waals surface area (Å²) in [4.78, 5) is 15.0. The van der Waals surface area contributed by atoms with Gasteiger partial charge in [-0.2, -0.15) is 0 Å². The minimum absolute atomic E-state index is 0.00705. The van der Waals surface area contributed by atoms with Gasteiger partial charge < -0.3 is 18.9 Å². The van der Waals surface area contributed by atoms with Gasteiger partial charge in [-0.25, -0.2) is 0 Å². The molecule has 0 saturated heterocycles. The Morgan fingerprint density at radius 3 is 2.68 bits per heavy atom. The van der Waals surface area contributed by atoms with Crippen molar-refractivity contribution in [2.75, 3.05) is 13.3 Å². The number of nitrogens with zero attached hydrogens (tertiary/aromatic N) is 2. The molecule has 0 saturated carbocycles. The highest BCUT2D eigenvalue weighted by Crippen LogP contribution is 2.33. The van der Waals surface area contributed by atoms with E-state index in [0.29, 0.717) is 30.2 Å². The summed E-state index contributed by atoms with van der Waals surface area (Å²) >= 11 is 0. The topological polar surface area (TPSA) is 43.7 Å². The van der Waals surface area contributed by atoms with Crippen LogP contribution in [0.5, 0.6) is 11.5 Å². The van der Waals surface area contributed by atoms with Crippen LogP contribution in [0.1, 0.15) is 35.0 Å². The van der Waals surface area contributed by atoms with E-state index >= 15 is 0 Å². The molecule has 144 valence electrons. The minimum Gasteiger partial charge on any atom is -0.454 e. The van der Waals surface area contributed by atoms with Gasteiger partial charge in [0.25, 0.3) is 5.91 Å². The van der Waals surface area contributed by atoms with Crippen molar-refractivity contribution in [1.82, 2.24) is 9.47 Å². The standard InChI is InChI=1S/C23H24N2O3/c1-2-12-25(23(26)19-10-11-21-22(14-19)28-17-27-21)16-20-9-6-13-24(20)15-18-7-4-3-5-8-18/h3-11,13-14H,2,12,15-17H2,1H3. The lowest BCUT2D eigenvalue weighted by molar-refractivity contribution is 0.0739. The zero-order valence-electron chi connectivity index (χ0n) is 16.0. The zero-order valence-corrected chi connectivity index (χ0v) is 16.0. The number of amides is 1. The molecule has 0 radical (unpaired) electrons. The lowest BCUT2D eigenvalue weighted by Gasteiger charge is -2.23. The largest absolute Gasteiger partial charge is 0.454 e. The van der Waals surface area contributed by atoms with Crippen molar-refractivity contribution in [3.63, 3.8) is 0 Å². The van der Waals surface area contributed by atoms with Gasteiger partial charge in [0.2, 0.25) is 6.79 Å². The van der Waals surface area contributed by atoms with Gasteiger partial charge in [0, 0.05) is 30.5 Å². The quantitative estimate of drug-likeness (QED) is 0.617. The third-order valence-corrected chi connectivity index (χ3v) is 4.87. The number of hydrogen-bond acceptors (Lipinski definition) is 3. The van der Waals surface area contributed by atoms with Gasteiger partial charge in [-0.15, -0.1) is 0 Å². The van der Waals surface area contributed by atoms with Gasteiger partial charge >= 0.3 is 0 Å². The van der Waals surface area contributed by atoms with Crippen LogP contribution >= 0.6 is 0 Å². The summed E-state index contributed by atoms with van der Waals surface area (Å²) in [6, 6.07) is 19.8. The first-order chi connectivity index (χ1) is 13.7. The third kappa shape index (κ3) is 3.88. The van der Waals surface area contributed by atoms with Crippen molar-refractivity contribution < 1.29 is 14.3 Å². The molecule has 0 spiro atoms. The average molecular weight is 376 g/mol. The Hall–Kier alpha value is -3.21. The van der Waals surface area contributed by atoms with Gasteiger partial charge in [0.1, 0.15) is 0 Å². The molecule has 5 heteroatoms. The maximum Gasteiger partial charge on any atom is 0.254 e. The second-order valence-electron chi connectivity index (χ2n) is 6.91. The summed E-state index contributed by atoms with van der Waals surface area (Å²) in [5, 5.41) is 0. The fourth-order valence-electron chi connectivity index (χ4n) is 3.46. The first-order valence-corrected chi connectivity index (χ1v) is 9.61. The predicted molar refractivity (Wildman–Crippen MR) is 108 cm³/mol. The van der Waals surface area contributed by atoms with Crippen LogP contribution in [0.2, 0.25) is 0 Å². The minimum atomic E-state index is 0.00705. The Balaban J connectivity index is 1.53. The third-order valence-electron chi connectivity index (χ3n) is 4.87. The summed E-state index contributed by atoms with van der Waals surface area (Å²) in [5.41, 5.74) is 2.98. The van der Waals surface area contributed by atoms with Crippen molar-refractivity contribution in [1.29, 1.82) is 0 Å². The van der Waals surface area contributed by atoms with E-state index in [4.69, 9.17) is 9.47 Å². The molecule has 28 heavy (non-hydrogen) atoms. The number of hydrogen-bond donors (Lipinski definition) is 0. The smallest absolute Gasteiger partial charge is 0.254 e. The lowest BCUT2D eigenvalue weighted by atomic mass is 10.1. The molecule has 2 heterocycles. The Morgan fingerprint density at radius 2 is 1.86 bits per heavy atom. The van der Waals surface area contributed by atoms with Crippen LogP contribution in [0.4, 0.5) is 0 Å². The molecule has 0 atom stereocenters. The Morgan fingerprint density at radius 1 is 1.04 bits per heavy atom. The van der Waals surface area contributed by atoms with E-state index in [-0.39, 0.29) is 12.7 Å². The van der Waals surface area contributed by atoms with Crippen LogP contribution < -0.4 is 9.47 Å². The number of benzene rings is 2. The molecule has 5 nitrogen and oxygen atoms in total. The molecule has 1 aliphatic rings. The maximum absolute atomic E-state index is 13.2. The number of carbonyl (C=O) groups is 1. The van der Waals surface area contributed by atoms with Crippen molar-refractivity contribution in [2.45, 2.75) is 26.4 Å². The van der Waals surface area contributed by atoms with Crippen LogP contribution in [0, 0.1) is 0 Å². The van der Waals surface area contributed by atoms with Crippen molar-refractivity contribution >= 4 is 5.91 Å². The first kappa shape index (κ1) is 18.2. The fraction of sp³-hybridized carbons (Fsp3) is 0.261. The lowest BCUT2D eigenvalue weighted by Crippen LogP contribution is -2.32. The predicted octanol–water partition coefficient (Wildman–Crippen LogP) is 4.32. The van der Waals surface area contributed by atoms with Gasteiger partial charge in [-0.3, -0.25) is 4.79 Å². The second-order valence-corrected chi connectivity index (χ2v) is 6.91.